The van der Waals surface area contributed by atoms with Gasteiger partial charge in [0.2, 0.25) is 5.91 Å². The van der Waals surface area contributed by atoms with Crippen molar-refractivity contribution in [2.75, 3.05) is 6.54 Å². The van der Waals surface area contributed by atoms with Crippen LogP contribution in [0.3, 0.4) is 0 Å². The lowest BCUT2D eigenvalue weighted by Crippen LogP contribution is -2.39. The van der Waals surface area contributed by atoms with Crippen LogP contribution in [0.25, 0.3) is 0 Å². The van der Waals surface area contributed by atoms with E-state index in [1.165, 1.54) is 0 Å². The van der Waals surface area contributed by atoms with Crippen LogP contribution in [0, 0.1) is 11.3 Å². The quantitative estimate of drug-likeness (QED) is 0.814. The first-order valence-corrected chi connectivity index (χ1v) is 5.59. The Labute approximate surface area is 99.9 Å². The zero-order valence-corrected chi connectivity index (χ0v) is 9.47. The molecule has 2 N–H and O–H groups in total. The molecule has 1 fully saturated rings. The van der Waals surface area contributed by atoms with Crippen molar-refractivity contribution in [3.63, 3.8) is 0 Å². The molecule has 2 heterocycles. The Kier molecular flexibility index (Phi) is 3.35. The van der Waals surface area contributed by atoms with Crippen LogP contribution < -0.4 is 5.73 Å². The smallest absolute Gasteiger partial charge is 0.234 e. The number of aromatic nitrogens is 1. The SMILES string of the molecule is N#Cc1cc(CN2CCCC2C(N)=O)ccn1. The summed E-state index contributed by atoms with van der Waals surface area (Å²) in [5.74, 6) is -0.267. The van der Waals surface area contributed by atoms with Gasteiger partial charge in [-0.3, -0.25) is 9.69 Å². The first-order valence-electron chi connectivity index (χ1n) is 5.59. The predicted octanol–water partition coefficient (Wildman–Crippen LogP) is 0.403. The molecule has 1 aliphatic rings. The Hall–Kier alpha value is -1.93. The molecule has 0 bridgehead atoms. The fourth-order valence-electron chi connectivity index (χ4n) is 2.21. The summed E-state index contributed by atoms with van der Waals surface area (Å²) in [6.45, 7) is 1.52. The fraction of sp³-hybridized carbons (Fsp3) is 0.417. The summed E-state index contributed by atoms with van der Waals surface area (Å²) in [6, 6.07) is 5.44. The molecule has 88 valence electrons. The average Bonchev–Trinajstić information content (AvgIpc) is 2.77. The third-order valence-electron chi connectivity index (χ3n) is 3.02. The number of nitriles is 1. The molecule has 0 spiro atoms. The van der Waals surface area contributed by atoms with Crippen LogP contribution in [0.15, 0.2) is 18.3 Å². The standard InChI is InChI=1S/C12H14N4O/c13-7-10-6-9(3-4-15-10)8-16-5-1-2-11(16)12(14)17/h3-4,6,11H,1-2,5,8H2,(H2,14,17). The Morgan fingerprint density at radius 1 is 1.71 bits per heavy atom. The molecule has 5 heteroatoms. The number of amides is 1. The fourth-order valence-corrected chi connectivity index (χ4v) is 2.21. The summed E-state index contributed by atoms with van der Waals surface area (Å²) in [6.07, 6.45) is 3.43. The summed E-state index contributed by atoms with van der Waals surface area (Å²) < 4.78 is 0. The number of primary amides is 1. The molecule has 0 saturated carbocycles. The average molecular weight is 230 g/mol. The molecule has 0 aromatic carbocycles. The van der Waals surface area contributed by atoms with Crippen LogP contribution in [0.1, 0.15) is 24.1 Å². The molecule has 0 radical (unpaired) electrons. The van der Waals surface area contributed by atoms with Gasteiger partial charge in [0.1, 0.15) is 11.8 Å². The van der Waals surface area contributed by atoms with Gasteiger partial charge in [0.25, 0.3) is 0 Å². The van der Waals surface area contributed by atoms with Crippen LogP contribution in [0.2, 0.25) is 0 Å². The molecule has 2 rings (SSSR count). The van der Waals surface area contributed by atoms with Crippen LogP contribution in [-0.4, -0.2) is 28.4 Å². The van der Waals surface area contributed by atoms with E-state index in [-0.39, 0.29) is 11.9 Å². The van der Waals surface area contributed by atoms with Gasteiger partial charge < -0.3 is 5.73 Å². The molecule has 17 heavy (non-hydrogen) atoms. The first kappa shape index (κ1) is 11.6. The van der Waals surface area contributed by atoms with Gasteiger partial charge in [-0.2, -0.15) is 5.26 Å². The highest BCUT2D eigenvalue weighted by atomic mass is 16.1. The molecule has 0 aliphatic carbocycles. The van der Waals surface area contributed by atoms with Gasteiger partial charge in [-0.1, -0.05) is 0 Å². The number of rotatable bonds is 3. The second-order valence-electron chi connectivity index (χ2n) is 4.19. The molecule has 1 atom stereocenters. The van der Waals surface area contributed by atoms with Gasteiger partial charge in [-0.25, -0.2) is 4.98 Å². The van der Waals surface area contributed by atoms with Crippen molar-refractivity contribution >= 4 is 5.91 Å². The summed E-state index contributed by atoms with van der Waals surface area (Å²) >= 11 is 0. The lowest BCUT2D eigenvalue weighted by Gasteiger charge is -2.21. The molecule has 1 aliphatic heterocycles. The van der Waals surface area contributed by atoms with Gasteiger partial charge in [0, 0.05) is 12.7 Å². The molecule has 1 unspecified atom stereocenters. The van der Waals surface area contributed by atoms with Crippen molar-refractivity contribution < 1.29 is 4.79 Å². The molecular formula is C12H14N4O. The topological polar surface area (TPSA) is 83.0 Å². The predicted molar refractivity (Wildman–Crippen MR) is 61.6 cm³/mol. The summed E-state index contributed by atoms with van der Waals surface area (Å²) in [5.41, 5.74) is 6.74. The lowest BCUT2D eigenvalue weighted by atomic mass is 10.2. The van der Waals surface area contributed by atoms with E-state index in [4.69, 9.17) is 11.0 Å². The number of hydrogen-bond donors (Lipinski definition) is 1. The minimum atomic E-state index is -0.267. The van der Waals surface area contributed by atoms with Crippen molar-refractivity contribution in [2.24, 2.45) is 5.73 Å². The van der Waals surface area contributed by atoms with Crippen molar-refractivity contribution in [1.82, 2.24) is 9.88 Å². The molecule has 1 amide bonds. The van der Waals surface area contributed by atoms with E-state index >= 15 is 0 Å². The van der Waals surface area contributed by atoms with E-state index in [0.717, 1.165) is 24.9 Å². The summed E-state index contributed by atoms with van der Waals surface area (Å²) in [5, 5.41) is 8.76. The molecular weight excluding hydrogens is 216 g/mol. The minimum absolute atomic E-state index is 0.172. The Morgan fingerprint density at radius 3 is 3.24 bits per heavy atom. The van der Waals surface area contributed by atoms with E-state index in [1.54, 1.807) is 12.3 Å². The number of nitrogens with zero attached hydrogens (tertiary/aromatic N) is 3. The maximum Gasteiger partial charge on any atom is 0.234 e. The molecule has 5 nitrogen and oxygen atoms in total. The van der Waals surface area contributed by atoms with E-state index in [1.807, 2.05) is 12.1 Å². The second-order valence-corrected chi connectivity index (χ2v) is 4.19. The van der Waals surface area contributed by atoms with Crippen LogP contribution >= 0.6 is 0 Å². The monoisotopic (exact) mass is 230 g/mol. The largest absolute Gasteiger partial charge is 0.368 e. The number of nitrogens with two attached hydrogens (primary N) is 1. The van der Waals surface area contributed by atoms with Crippen molar-refractivity contribution in [2.45, 2.75) is 25.4 Å². The van der Waals surface area contributed by atoms with Crippen molar-refractivity contribution in [3.8, 4) is 6.07 Å². The maximum absolute atomic E-state index is 11.2. The number of likely N-dealkylation sites (tertiary alicyclic amines) is 1. The lowest BCUT2D eigenvalue weighted by molar-refractivity contribution is -0.122. The molecule has 1 aromatic heterocycles. The minimum Gasteiger partial charge on any atom is -0.368 e. The highest BCUT2D eigenvalue weighted by Crippen LogP contribution is 2.19. The first-order chi connectivity index (χ1) is 8.20. The van der Waals surface area contributed by atoms with Crippen molar-refractivity contribution in [3.05, 3.63) is 29.6 Å². The van der Waals surface area contributed by atoms with Crippen LogP contribution in [0.5, 0.6) is 0 Å². The Bertz CT molecular complexity index is 466. The third-order valence-corrected chi connectivity index (χ3v) is 3.02. The van der Waals surface area contributed by atoms with E-state index in [2.05, 4.69) is 9.88 Å². The molecule has 1 aromatic rings. The Morgan fingerprint density at radius 2 is 2.53 bits per heavy atom. The highest BCUT2D eigenvalue weighted by Gasteiger charge is 2.28. The van der Waals surface area contributed by atoms with Gasteiger partial charge in [0.05, 0.1) is 6.04 Å². The summed E-state index contributed by atoms with van der Waals surface area (Å²) in [7, 11) is 0. The summed E-state index contributed by atoms with van der Waals surface area (Å²) in [4.78, 5) is 17.2. The second kappa shape index (κ2) is 4.93. The van der Waals surface area contributed by atoms with Crippen LogP contribution in [0.4, 0.5) is 0 Å². The van der Waals surface area contributed by atoms with E-state index < -0.39 is 0 Å². The zero-order valence-electron chi connectivity index (χ0n) is 9.47. The van der Waals surface area contributed by atoms with Gasteiger partial charge >= 0.3 is 0 Å². The normalized spacial score (nSPS) is 20.1. The number of pyridine rings is 1. The van der Waals surface area contributed by atoms with Crippen molar-refractivity contribution in [1.29, 1.82) is 5.26 Å². The van der Waals surface area contributed by atoms with E-state index in [9.17, 15) is 4.79 Å². The highest BCUT2D eigenvalue weighted by molar-refractivity contribution is 5.80. The number of carbonyl (C=O) groups excluding carboxylic acids is 1. The number of hydrogen-bond acceptors (Lipinski definition) is 4. The number of carbonyl (C=O) groups is 1. The Balaban J connectivity index is 2.10. The van der Waals surface area contributed by atoms with E-state index in [0.29, 0.717) is 12.2 Å². The molecule has 1 saturated heterocycles. The van der Waals surface area contributed by atoms with Gasteiger partial charge in [0.15, 0.2) is 0 Å². The zero-order chi connectivity index (χ0) is 12.3. The van der Waals surface area contributed by atoms with Gasteiger partial charge in [-0.05, 0) is 37.1 Å². The third kappa shape index (κ3) is 2.60. The van der Waals surface area contributed by atoms with Gasteiger partial charge in [-0.15, -0.1) is 0 Å². The van der Waals surface area contributed by atoms with Crippen LogP contribution in [-0.2, 0) is 11.3 Å². The maximum atomic E-state index is 11.2.